The van der Waals surface area contributed by atoms with E-state index in [1.165, 1.54) is 14.0 Å². The molecule has 0 unspecified atom stereocenters. The summed E-state index contributed by atoms with van der Waals surface area (Å²) in [6.45, 7) is 1.20. The van der Waals surface area contributed by atoms with Crippen LogP contribution in [-0.4, -0.2) is 31.7 Å². The summed E-state index contributed by atoms with van der Waals surface area (Å²) in [5, 5.41) is 2.66. The molecule has 0 aliphatic carbocycles. The van der Waals surface area contributed by atoms with E-state index in [0.717, 1.165) is 4.47 Å². The zero-order valence-corrected chi connectivity index (χ0v) is 15.4. The number of benzene rings is 2. The molecule has 0 fully saturated rings. The first kappa shape index (κ1) is 18.8. The number of rotatable bonds is 7. The highest BCUT2D eigenvalue weighted by atomic mass is 79.9. The lowest BCUT2D eigenvalue weighted by Gasteiger charge is -2.15. The monoisotopic (exact) mass is 407 g/mol. The van der Waals surface area contributed by atoms with E-state index < -0.39 is 18.0 Å². The minimum absolute atomic E-state index is 0.289. The molecule has 0 radical (unpaired) electrons. The second-order valence-corrected chi connectivity index (χ2v) is 5.98. The van der Waals surface area contributed by atoms with Gasteiger partial charge >= 0.3 is 5.97 Å². The van der Waals surface area contributed by atoms with Crippen molar-refractivity contribution < 1.29 is 23.8 Å². The van der Waals surface area contributed by atoms with E-state index in [1.807, 2.05) is 6.07 Å². The van der Waals surface area contributed by atoms with Crippen LogP contribution in [0.3, 0.4) is 0 Å². The average Bonchev–Trinajstić information content (AvgIpc) is 2.60. The van der Waals surface area contributed by atoms with Crippen LogP contribution < -0.4 is 14.8 Å². The van der Waals surface area contributed by atoms with Crippen LogP contribution in [0.5, 0.6) is 11.5 Å². The van der Waals surface area contributed by atoms with Crippen molar-refractivity contribution in [1.29, 1.82) is 0 Å². The summed E-state index contributed by atoms with van der Waals surface area (Å²) in [7, 11) is 1.51. The first-order valence-electron chi connectivity index (χ1n) is 7.51. The van der Waals surface area contributed by atoms with Gasteiger partial charge in [0.25, 0.3) is 5.91 Å². The van der Waals surface area contributed by atoms with E-state index in [0.29, 0.717) is 17.2 Å². The summed E-state index contributed by atoms with van der Waals surface area (Å²) < 4.78 is 16.4. The van der Waals surface area contributed by atoms with Gasteiger partial charge in [-0.2, -0.15) is 0 Å². The molecule has 2 rings (SSSR count). The molecule has 1 amide bonds. The third-order valence-electron chi connectivity index (χ3n) is 3.20. The average molecular weight is 408 g/mol. The number of carbonyl (C=O) groups is 2. The molecule has 0 saturated carbocycles. The summed E-state index contributed by atoms with van der Waals surface area (Å²) in [4.78, 5) is 24.0. The SMILES string of the molecule is COc1ccccc1NC(=O)[C@H](C)OC(=O)COc1cccc(Br)c1. The molecule has 0 saturated heterocycles. The Morgan fingerprint density at radius 1 is 1.16 bits per heavy atom. The first-order chi connectivity index (χ1) is 12.0. The van der Waals surface area contributed by atoms with Gasteiger partial charge in [0.2, 0.25) is 0 Å². The highest BCUT2D eigenvalue weighted by Crippen LogP contribution is 2.23. The number of esters is 1. The van der Waals surface area contributed by atoms with Gasteiger partial charge in [0.1, 0.15) is 11.5 Å². The Morgan fingerprint density at radius 2 is 1.92 bits per heavy atom. The van der Waals surface area contributed by atoms with Gasteiger partial charge in [-0.25, -0.2) is 4.79 Å². The number of ether oxygens (including phenoxy) is 3. The van der Waals surface area contributed by atoms with Gasteiger partial charge in [-0.15, -0.1) is 0 Å². The van der Waals surface area contributed by atoms with Crippen LogP contribution in [0.1, 0.15) is 6.92 Å². The minimum Gasteiger partial charge on any atom is -0.495 e. The van der Waals surface area contributed by atoms with Crippen molar-refractivity contribution in [2.24, 2.45) is 0 Å². The summed E-state index contributed by atoms with van der Waals surface area (Å²) in [5.74, 6) is -0.0484. The number of halogens is 1. The van der Waals surface area contributed by atoms with Crippen LogP contribution in [0.25, 0.3) is 0 Å². The highest BCUT2D eigenvalue weighted by Gasteiger charge is 2.19. The largest absolute Gasteiger partial charge is 0.495 e. The molecule has 0 aliphatic rings. The van der Waals surface area contributed by atoms with Crippen LogP contribution in [0.4, 0.5) is 5.69 Å². The molecule has 2 aromatic rings. The van der Waals surface area contributed by atoms with Crippen LogP contribution in [0.15, 0.2) is 53.0 Å². The van der Waals surface area contributed by atoms with Crippen molar-refractivity contribution in [2.75, 3.05) is 19.0 Å². The fraction of sp³-hybridized carbons (Fsp3) is 0.222. The van der Waals surface area contributed by atoms with Crippen molar-refractivity contribution in [1.82, 2.24) is 0 Å². The summed E-state index contributed by atoms with van der Waals surface area (Å²) in [6.07, 6.45) is -0.969. The van der Waals surface area contributed by atoms with Gasteiger partial charge in [-0.05, 0) is 37.3 Å². The van der Waals surface area contributed by atoms with Gasteiger partial charge in [0.15, 0.2) is 12.7 Å². The molecule has 1 N–H and O–H groups in total. The lowest BCUT2D eigenvalue weighted by molar-refractivity contribution is -0.155. The first-order valence-corrected chi connectivity index (χ1v) is 8.30. The zero-order valence-electron chi connectivity index (χ0n) is 13.8. The van der Waals surface area contributed by atoms with Crippen LogP contribution in [0.2, 0.25) is 0 Å². The van der Waals surface area contributed by atoms with Crippen molar-refractivity contribution >= 4 is 33.5 Å². The van der Waals surface area contributed by atoms with Crippen LogP contribution in [-0.2, 0) is 14.3 Å². The maximum absolute atomic E-state index is 12.1. The molecule has 0 heterocycles. The topological polar surface area (TPSA) is 73.9 Å². The van der Waals surface area contributed by atoms with Crippen molar-refractivity contribution in [3.8, 4) is 11.5 Å². The Balaban J connectivity index is 1.84. The molecule has 132 valence electrons. The highest BCUT2D eigenvalue weighted by molar-refractivity contribution is 9.10. The van der Waals surface area contributed by atoms with Gasteiger partial charge < -0.3 is 19.5 Å². The standard InChI is InChI=1S/C18H18BrNO5/c1-12(18(22)20-15-8-3-4-9-16(15)23-2)25-17(21)11-24-14-7-5-6-13(19)10-14/h3-10,12H,11H2,1-2H3,(H,20,22)/t12-/m0/s1. The summed E-state index contributed by atoms with van der Waals surface area (Å²) >= 11 is 3.31. The van der Waals surface area contributed by atoms with Crippen LogP contribution in [0, 0.1) is 0 Å². The third kappa shape index (κ3) is 5.79. The zero-order chi connectivity index (χ0) is 18.2. The van der Waals surface area contributed by atoms with Crippen molar-refractivity contribution in [3.05, 3.63) is 53.0 Å². The Bertz CT molecular complexity index is 750. The van der Waals surface area contributed by atoms with Gasteiger partial charge in [-0.3, -0.25) is 4.79 Å². The second kappa shape index (κ2) is 9.08. The number of anilines is 1. The maximum atomic E-state index is 12.1. The van der Waals surface area contributed by atoms with Gasteiger partial charge in [-0.1, -0.05) is 34.1 Å². The second-order valence-electron chi connectivity index (χ2n) is 5.07. The molecule has 0 aromatic heterocycles. The maximum Gasteiger partial charge on any atom is 0.344 e. The van der Waals surface area contributed by atoms with Gasteiger partial charge in [0.05, 0.1) is 12.8 Å². The number of nitrogens with one attached hydrogen (secondary N) is 1. The molecule has 0 spiro atoms. The van der Waals surface area contributed by atoms with Crippen LogP contribution >= 0.6 is 15.9 Å². The molecule has 1 atom stereocenters. The Labute approximate surface area is 154 Å². The molecule has 7 heteroatoms. The quantitative estimate of drug-likeness (QED) is 0.711. The summed E-state index contributed by atoms with van der Waals surface area (Å²) in [5.41, 5.74) is 0.503. The Kier molecular flexibility index (Phi) is 6.82. The Hall–Kier alpha value is -2.54. The third-order valence-corrected chi connectivity index (χ3v) is 3.69. The molecule has 25 heavy (non-hydrogen) atoms. The van der Waals surface area contributed by atoms with E-state index in [9.17, 15) is 9.59 Å². The predicted molar refractivity (Wildman–Crippen MR) is 96.8 cm³/mol. The van der Waals surface area contributed by atoms with Gasteiger partial charge in [0, 0.05) is 4.47 Å². The molecular weight excluding hydrogens is 390 g/mol. The van der Waals surface area contributed by atoms with E-state index in [-0.39, 0.29) is 6.61 Å². The number of amides is 1. The molecule has 2 aromatic carbocycles. The number of hydrogen-bond donors (Lipinski definition) is 1. The lowest BCUT2D eigenvalue weighted by Crippen LogP contribution is -2.31. The smallest absolute Gasteiger partial charge is 0.344 e. The van der Waals surface area contributed by atoms with E-state index in [1.54, 1.807) is 42.5 Å². The Morgan fingerprint density at radius 3 is 2.64 bits per heavy atom. The minimum atomic E-state index is -0.969. The fourth-order valence-corrected chi connectivity index (χ4v) is 2.34. The lowest BCUT2D eigenvalue weighted by atomic mass is 10.2. The molecule has 0 bridgehead atoms. The molecular formula is C18H18BrNO5. The van der Waals surface area contributed by atoms with E-state index in [2.05, 4.69) is 21.2 Å². The van der Waals surface area contributed by atoms with Crippen molar-refractivity contribution in [3.63, 3.8) is 0 Å². The van der Waals surface area contributed by atoms with Crippen molar-refractivity contribution in [2.45, 2.75) is 13.0 Å². The fourth-order valence-electron chi connectivity index (χ4n) is 1.97. The van der Waals surface area contributed by atoms with E-state index >= 15 is 0 Å². The number of hydrogen-bond acceptors (Lipinski definition) is 5. The summed E-state index contributed by atoms with van der Waals surface area (Å²) in [6, 6.07) is 14.0. The normalized spacial score (nSPS) is 11.3. The molecule has 6 nitrogen and oxygen atoms in total. The number of para-hydroxylation sites is 2. The molecule has 0 aliphatic heterocycles. The number of carbonyl (C=O) groups excluding carboxylic acids is 2. The number of methoxy groups -OCH3 is 1. The predicted octanol–water partition coefficient (Wildman–Crippen LogP) is 3.41. The van der Waals surface area contributed by atoms with E-state index in [4.69, 9.17) is 14.2 Å².